The van der Waals surface area contributed by atoms with Gasteiger partial charge in [0.15, 0.2) is 5.82 Å². The Morgan fingerprint density at radius 2 is 1.73 bits per heavy atom. The molecular formula is C53H56ClN11O6. The zero-order chi connectivity index (χ0) is 49.3. The lowest BCUT2D eigenvalue weighted by molar-refractivity contribution is -0.136. The van der Waals surface area contributed by atoms with Crippen LogP contribution in [0.3, 0.4) is 0 Å². The van der Waals surface area contributed by atoms with Crippen LogP contribution in [0.15, 0.2) is 90.2 Å². The number of aryl methyl sites for hydroxylation is 1. The Labute approximate surface area is 416 Å². The quantitative estimate of drug-likeness (QED) is 0.115. The monoisotopic (exact) mass is 977 g/mol. The van der Waals surface area contributed by atoms with Gasteiger partial charge in [0, 0.05) is 80.4 Å². The topological polar surface area (TPSA) is 200 Å². The van der Waals surface area contributed by atoms with E-state index in [0.717, 1.165) is 78.0 Å². The van der Waals surface area contributed by atoms with E-state index in [9.17, 15) is 29.9 Å². The molecule has 6 heterocycles. The van der Waals surface area contributed by atoms with Gasteiger partial charge in [0.2, 0.25) is 11.8 Å². The van der Waals surface area contributed by atoms with E-state index >= 15 is 0 Å². The Morgan fingerprint density at radius 1 is 0.944 bits per heavy atom. The zero-order valence-electron chi connectivity index (χ0n) is 39.6. The van der Waals surface area contributed by atoms with Crippen LogP contribution in [0.2, 0.25) is 5.02 Å². The molecule has 18 heteroatoms. The number of benzene rings is 4. The number of rotatable bonds is 12. The number of halogens is 1. The van der Waals surface area contributed by atoms with Gasteiger partial charge < -0.3 is 34.5 Å². The second-order valence-electron chi connectivity index (χ2n) is 19.0. The van der Waals surface area contributed by atoms with Crippen molar-refractivity contribution in [3.8, 4) is 40.7 Å². The number of aromatic hydroxyl groups is 2. The number of amides is 2. The summed E-state index contributed by atoms with van der Waals surface area (Å²) in [6.45, 7) is 11.9. The lowest BCUT2D eigenvalue weighted by Crippen LogP contribution is -2.55. The van der Waals surface area contributed by atoms with Crippen LogP contribution in [0.5, 0.6) is 17.5 Å². The standard InChI is InChI=1S/C53H56ClN11O6/c1-3-47(68)64-25-24-62(30-39(64)14-19-55)49-40-18-23-61(44-9-5-7-36-6-4-8-42(54)48(36)44)31-43(40)56-52(57-49)71-32-35-15-22-63(29-35)51(69)37-16-20-60(21-17-37)28-34-10-12-38(13-11-34)65-50(58-59-53(65)70)41-26-33(2)45(66)27-46(41)67/h3-13,26-27,35,37,39,66-67H,1,14-18,20-25,28-32H2,2H3,(H,59,70). The number of piperidine rings is 1. The van der Waals surface area contributed by atoms with Crippen LogP contribution in [0.25, 0.3) is 27.8 Å². The first-order valence-corrected chi connectivity index (χ1v) is 24.6. The highest BCUT2D eigenvalue weighted by atomic mass is 35.5. The first-order valence-electron chi connectivity index (χ1n) is 24.3. The summed E-state index contributed by atoms with van der Waals surface area (Å²) < 4.78 is 7.88. The normalized spacial score (nSPS) is 18.7. The van der Waals surface area contributed by atoms with Crippen LogP contribution in [-0.4, -0.2) is 126 Å². The molecular weight excluding hydrogens is 922 g/mol. The molecule has 4 aliphatic rings. The average Bonchev–Trinajstić information content (AvgIpc) is 4.03. The lowest BCUT2D eigenvalue weighted by Gasteiger charge is -2.42. The number of nitrogens with zero attached hydrogens (tertiary/aromatic N) is 10. The maximum absolute atomic E-state index is 13.9. The molecule has 2 atom stereocenters. The average molecular weight is 979 g/mol. The Kier molecular flexibility index (Phi) is 13.4. The highest BCUT2D eigenvalue weighted by Crippen LogP contribution is 2.38. The molecule has 4 aliphatic heterocycles. The third kappa shape index (κ3) is 9.61. The number of H-pyrrole nitrogens is 1. The molecule has 0 radical (unpaired) electrons. The molecule has 2 unspecified atom stereocenters. The molecule has 366 valence electrons. The van der Waals surface area contributed by atoms with Crippen molar-refractivity contribution < 1.29 is 24.5 Å². The minimum Gasteiger partial charge on any atom is -0.508 e. The van der Waals surface area contributed by atoms with Gasteiger partial charge in [-0.2, -0.15) is 20.3 Å². The van der Waals surface area contributed by atoms with E-state index in [-0.39, 0.29) is 59.4 Å². The van der Waals surface area contributed by atoms with Gasteiger partial charge in [0.1, 0.15) is 17.3 Å². The number of ether oxygens (including phenoxy) is 1. The first-order chi connectivity index (χ1) is 34.5. The van der Waals surface area contributed by atoms with Crippen molar-refractivity contribution in [3.05, 3.63) is 123 Å². The molecule has 4 aromatic carbocycles. The molecule has 0 saturated carbocycles. The number of carbonyl (C=O) groups excluding carboxylic acids is 2. The van der Waals surface area contributed by atoms with E-state index in [1.54, 1.807) is 17.9 Å². The van der Waals surface area contributed by atoms with Gasteiger partial charge in [-0.3, -0.25) is 14.5 Å². The predicted octanol–water partition coefficient (Wildman–Crippen LogP) is 6.36. The maximum atomic E-state index is 13.9. The molecule has 0 bridgehead atoms. The summed E-state index contributed by atoms with van der Waals surface area (Å²) in [5.41, 5.74) is 4.99. The molecule has 3 saturated heterocycles. The molecule has 17 nitrogen and oxygen atoms in total. The fourth-order valence-electron chi connectivity index (χ4n) is 10.7. The molecule has 10 rings (SSSR count). The zero-order valence-corrected chi connectivity index (χ0v) is 40.4. The van der Waals surface area contributed by atoms with Gasteiger partial charge >= 0.3 is 11.7 Å². The number of phenols is 2. The number of likely N-dealkylation sites (tertiary alicyclic amines) is 2. The van der Waals surface area contributed by atoms with E-state index in [0.29, 0.717) is 80.7 Å². The molecule has 2 amide bonds. The van der Waals surface area contributed by atoms with Crippen molar-refractivity contribution in [2.24, 2.45) is 11.8 Å². The number of nitrogens with one attached hydrogen (secondary N) is 1. The second kappa shape index (κ2) is 20.1. The molecule has 71 heavy (non-hydrogen) atoms. The van der Waals surface area contributed by atoms with Gasteiger partial charge in [-0.1, -0.05) is 54.6 Å². The van der Waals surface area contributed by atoms with Crippen molar-refractivity contribution >= 4 is 45.7 Å². The predicted molar refractivity (Wildman–Crippen MR) is 270 cm³/mol. The van der Waals surface area contributed by atoms with E-state index in [2.05, 4.69) is 55.7 Å². The Hall–Kier alpha value is -7.42. The number of aromatic amines is 1. The molecule has 3 N–H and O–H groups in total. The van der Waals surface area contributed by atoms with Gasteiger partial charge in [-0.25, -0.2) is 14.5 Å². The van der Waals surface area contributed by atoms with Gasteiger partial charge in [-0.05, 0) is 98.6 Å². The smallest absolute Gasteiger partial charge is 0.348 e. The number of hydrogen-bond donors (Lipinski definition) is 3. The summed E-state index contributed by atoms with van der Waals surface area (Å²) in [4.78, 5) is 60.2. The molecule has 2 aromatic heterocycles. The summed E-state index contributed by atoms with van der Waals surface area (Å²) in [6.07, 6.45) is 4.50. The Morgan fingerprint density at radius 3 is 2.51 bits per heavy atom. The summed E-state index contributed by atoms with van der Waals surface area (Å²) in [6, 6.07) is 24.8. The van der Waals surface area contributed by atoms with Gasteiger partial charge in [-0.15, -0.1) is 0 Å². The second-order valence-corrected chi connectivity index (χ2v) is 19.5. The van der Waals surface area contributed by atoms with E-state index in [1.165, 1.54) is 16.7 Å². The third-order valence-electron chi connectivity index (χ3n) is 14.6. The van der Waals surface area contributed by atoms with Crippen LogP contribution in [0.1, 0.15) is 48.1 Å². The number of piperazine rings is 1. The molecule has 0 spiro atoms. The first kappa shape index (κ1) is 47.3. The molecule has 0 aliphatic carbocycles. The lowest BCUT2D eigenvalue weighted by atomic mass is 9.95. The minimum atomic E-state index is -0.450. The van der Waals surface area contributed by atoms with Crippen LogP contribution in [0, 0.1) is 30.1 Å². The fraction of sp³-hybridized carbons (Fsp3) is 0.377. The van der Waals surface area contributed by atoms with Gasteiger partial charge in [0.05, 0.1) is 53.7 Å². The fourth-order valence-corrected chi connectivity index (χ4v) is 11.0. The van der Waals surface area contributed by atoms with Crippen molar-refractivity contribution in [2.45, 2.75) is 58.2 Å². The highest BCUT2D eigenvalue weighted by molar-refractivity contribution is 6.36. The summed E-state index contributed by atoms with van der Waals surface area (Å²) in [7, 11) is 0. The highest BCUT2D eigenvalue weighted by Gasteiger charge is 2.36. The van der Waals surface area contributed by atoms with E-state index < -0.39 is 5.69 Å². The molecule has 3 fully saturated rings. The van der Waals surface area contributed by atoms with Crippen LogP contribution in [-0.2, 0) is 29.1 Å². The number of phenolic OH excluding ortho intramolecular Hbond substituents is 2. The van der Waals surface area contributed by atoms with Crippen molar-refractivity contribution in [2.75, 3.05) is 68.8 Å². The summed E-state index contributed by atoms with van der Waals surface area (Å²) in [5, 5.41) is 39.7. The van der Waals surface area contributed by atoms with Crippen LogP contribution in [0.4, 0.5) is 11.5 Å². The number of nitriles is 1. The summed E-state index contributed by atoms with van der Waals surface area (Å²) >= 11 is 6.79. The van der Waals surface area contributed by atoms with E-state index in [1.807, 2.05) is 47.4 Å². The van der Waals surface area contributed by atoms with Crippen molar-refractivity contribution in [1.82, 2.24) is 39.4 Å². The maximum Gasteiger partial charge on any atom is 0.348 e. The SMILES string of the molecule is C=CC(=O)N1CCN(c2nc(OCC3CCN(C(=O)C4CCN(Cc5ccc(-n6c(-c7cc(C)c(O)cc7O)n[nH]c6=O)cc5)CC4)C3)nc3c2CCN(c2cccc4cccc(Cl)c24)C3)CC1CC#N. The number of fused-ring (bicyclic) bond motifs is 2. The third-order valence-corrected chi connectivity index (χ3v) is 14.9. The van der Waals surface area contributed by atoms with Crippen LogP contribution >= 0.6 is 11.6 Å². The van der Waals surface area contributed by atoms with E-state index in [4.69, 9.17) is 26.3 Å². The van der Waals surface area contributed by atoms with Crippen molar-refractivity contribution in [1.29, 1.82) is 5.26 Å². The number of carbonyl (C=O) groups is 2. The largest absolute Gasteiger partial charge is 0.508 e. The number of anilines is 2. The van der Waals surface area contributed by atoms with Crippen molar-refractivity contribution in [3.63, 3.8) is 0 Å². The molecule has 6 aromatic rings. The number of aromatic nitrogens is 5. The minimum absolute atomic E-state index is 0.0498. The number of hydrogen-bond acceptors (Lipinski definition) is 13. The van der Waals surface area contributed by atoms with Crippen LogP contribution < -0.4 is 20.2 Å². The Balaban J connectivity index is 0.774. The van der Waals surface area contributed by atoms with Gasteiger partial charge in [0.25, 0.3) is 0 Å². The Bertz CT molecular complexity index is 3100. The summed E-state index contributed by atoms with van der Waals surface area (Å²) in [5.74, 6) is 0.819.